The molecule has 6 heteroatoms. The molecule has 0 aliphatic carbocycles. The maximum absolute atomic E-state index is 10.2. The molecule has 0 aliphatic heterocycles. The van der Waals surface area contributed by atoms with E-state index >= 15 is 0 Å². The maximum atomic E-state index is 10.2. The van der Waals surface area contributed by atoms with Crippen molar-refractivity contribution in [2.24, 2.45) is 5.73 Å². The second-order valence-corrected chi connectivity index (χ2v) is 1.41. The molecule has 1 heterocycles. The molecule has 0 radical (unpaired) electrons. The highest BCUT2D eigenvalue weighted by molar-refractivity contribution is 5.88. The normalized spacial score (nSPS) is 7.64. The lowest BCUT2D eigenvalue weighted by molar-refractivity contribution is -0.122. The Morgan fingerprint density at radius 2 is 2.36 bits per heavy atom. The van der Waals surface area contributed by atoms with Gasteiger partial charge in [-0.2, -0.15) is 0 Å². The van der Waals surface area contributed by atoms with Gasteiger partial charge in [-0.25, -0.2) is 4.98 Å². The Morgan fingerprint density at radius 3 is 2.55 bits per heavy atom. The third-order valence-corrected chi connectivity index (χ3v) is 0.732. The number of primary amides is 1. The molecular formula is C5H7N3O3. The van der Waals surface area contributed by atoms with Crippen LogP contribution in [0.25, 0.3) is 0 Å². The van der Waals surface area contributed by atoms with E-state index in [1.54, 1.807) is 6.20 Å². The number of carbonyl (C=O) groups excluding carboxylic acids is 1. The summed E-state index contributed by atoms with van der Waals surface area (Å²) in [5, 5.41) is 6.89. The van der Waals surface area contributed by atoms with Gasteiger partial charge in [0.25, 0.3) is 12.4 Å². The number of aromatic nitrogens is 2. The van der Waals surface area contributed by atoms with Crippen LogP contribution in [0.2, 0.25) is 0 Å². The van der Waals surface area contributed by atoms with Gasteiger partial charge in [-0.3, -0.25) is 9.59 Å². The Labute approximate surface area is 62.1 Å². The molecule has 0 saturated carbocycles. The summed E-state index contributed by atoms with van der Waals surface area (Å²) in [6, 6.07) is 0. The van der Waals surface area contributed by atoms with Crippen molar-refractivity contribution in [2.45, 2.75) is 0 Å². The van der Waals surface area contributed by atoms with Crippen LogP contribution >= 0.6 is 0 Å². The first kappa shape index (κ1) is 9.15. The number of hydrogen-bond acceptors (Lipinski definition) is 3. The van der Waals surface area contributed by atoms with E-state index in [0.717, 1.165) is 0 Å². The number of nitrogens with one attached hydrogen (secondary N) is 1. The molecule has 0 atom stereocenters. The molecule has 0 aromatic carbocycles. The summed E-state index contributed by atoms with van der Waals surface area (Å²) in [6.07, 6.45) is 3.01. The van der Waals surface area contributed by atoms with Crippen molar-refractivity contribution < 1.29 is 14.7 Å². The Morgan fingerprint density at radius 1 is 1.82 bits per heavy atom. The lowest BCUT2D eigenvalue weighted by Gasteiger charge is -1.80. The quantitative estimate of drug-likeness (QED) is 0.464. The standard InChI is InChI=1S/C4H5N3O.CH2O2/c5-3(8)4-6-1-2-7-4;2-1-3/h1-2H,(H2,5,8)(H,6,7);1H,(H,2,3). The highest BCUT2D eigenvalue weighted by atomic mass is 16.3. The Kier molecular flexibility index (Phi) is 4.14. The minimum absolute atomic E-state index is 0.199. The third kappa shape index (κ3) is 3.68. The van der Waals surface area contributed by atoms with Crippen LogP contribution in [0, 0.1) is 0 Å². The van der Waals surface area contributed by atoms with E-state index in [1.807, 2.05) is 0 Å². The average molecular weight is 157 g/mol. The Balaban J connectivity index is 0.000000292. The van der Waals surface area contributed by atoms with Gasteiger partial charge in [-0.15, -0.1) is 0 Å². The van der Waals surface area contributed by atoms with Gasteiger partial charge in [0, 0.05) is 12.4 Å². The third-order valence-electron chi connectivity index (χ3n) is 0.732. The number of carboxylic acid groups (broad SMARTS) is 1. The first-order valence-electron chi connectivity index (χ1n) is 2.59. The van der Waals surface area contributed by atoms with E-state index in [-0.39, 0.29) is 12.3 Å². The van der Waals surface area contributed by atoms with E-state index in [1.165, 1.54) is 6.20 Å². The largest absolute Gasteiger partial charge is 0.483 e. The second kappa shape index (κ2) is 4.98. The maximum Gasteiger partial charge on any atom is 0.290 e. The van der Waals surface area contributed by atoms with Gasteiger partial charge >= 0.3 is 0 Å². The van der Waals surface area contributed by atoms with Crippen molar-refractivity contribution in [3.05, 3.63) is 18.2 Å². The fourth-order valence-corrected chi connectivity index (χ4v) is 0.400. The fraction of sp³-hybridized carbons (Fsp3) is 0. The van der Waals surface area contributed by atoms with Crippen LogP contribution in [-0.4, -0.2) is 27.5 Å². The van der Waals surface area contributed by atoms with Crippen LogP contribution in [0.5, 0.6) is 0 Å². The molecule has 0 unspecified atom stereocenters. The molecular weight excluding hydrogens is 150 g/mol. The summed E-state index contributed by atoms with van der Waals surface area (Å²) in [7, 11) is 0. The second-order valence-electron chi connectivity index (χ2n) is 1.41. The summed E-state index contributed by atoms with van der Waals surface area (Å²) < 4.78 is 0. The number of hydrogen-bond donors (Lipinski definition) is 3. The molecule has 6 nitrogen and oxygen atoms in total. The summed E-state index contributed by atoms with van der Waals surface area (Å²) >= 11 is 0. The van der Waals surface area contributed by atoms with Crippen molar-refractivity contribution in [1.82, 2.24) is 9.97 Å². The van der Waals surface area contributed by atoms with Crippen molar-refractivity contribution in [2.75, 3.05) is 0 Å². The zero-order chi connectivity index (χ0) is 8.69. The molecule has 0 aliphatic rings. The van der Waals surface area contributed by atoms with Crippen molar-refractivity contribution >= 4 is 12.4 Å². The highest BCUT2D eigenvalue weighted by Crippen LogP contribution is 1.82. The van der Waals surface area contributed by atoms with Crippen LogP contribution in [0.3, 0.4) is 0 Å². The van der Waals surface area contributed by atoms with Crippen molar-refractivity contribution in [1.29, 1.82) is 0 Å². The zero-order valence-electron chi connectivity index (χ0n) is 5.52. The van der Waals surface area contributed by atoms with Gasteiger partial charge in [0.15, 0.2) is 5.82 Å². The first-order valence-corrected chi connectivity index (χ1v) is 2.59. The molecule has 60 valence electrons. The number of H-pyrrole nitrogens is 1. The average Bonchev–Trinajstić information content (AvgIpc) is 2.38. The number of aromatic amines is 1. The predicted octanol–water partition coefficient (Wildman–Crippen LogP) is -0.791. The summed E-state index contributed by atoms with van der Waals surface area (Å²) in [4.78, 5) is 24.7. The molecule has 1 amide bonds. The lowest BCUT2D eigenvalue weighted by Crippen LogP contribution is -2.12. The van der Waals surface area contributed by atoms with Gasteiger partial charge in [0.05, 0.1) is 0 Å². The number of carbonyl (C=O) groups is 2. The van der Waals surface area contributed by atoms with Crippen LogP contribution in [0.4, 0.5) is 0 Å². The van der Waals surface area contributed by atoms with Gasteiger partial charge in [-0.05, 0) is 0 Å². The Bertz CT molecular complexity index is 219. The monoisotopic (exact) mass is 157 g/mol. The number of nitrogens with zero attached hydrogens (tertiary/aromatic N) is 1. The SMILES string of the molecule is NC(=O)c1ncc[nH]1.O=CO. The minimum atomic E-state index is -0.532. The minimum Gasteiger partial charge on any atom is -0.483 e. The van der Waals surface area contributed by atoms with E-state index < -0.39 is 5.91 Å². The first-order chi connectivity index (χ1) is 5.22. The Hall–Kier alpha value is -1.85. The number of amides is 1. The van der Waals surface area contributed by atoms with E-state index in [2.05, 4.69) is 9.97 Å². The highest BCUT2D eigenvalue weighted by Gasteiger charge is 1.97. The van der Waals surface area contributed by atoms with Crippen molar-refractivity contribution in [3.63, 3.8) is 0 Å². The topological polar surface area (TPSA) is 109 Å². The predicted molar refractivity (Wildman–Crippen MR) is 35.8 cm³/mol. The van der Waals surface area contributed by atoms with Crippen molar-refractivity contribution in [3.8, 4) is 0 Å². The zero-order valence-corrected chi connectivity index (χ0v) is 5.52. The van der Waals surface area contributed by atoms with E-state index in [0.29, 0.717) is 0 Å². The lowest BCUT2D eigenvalue weighted by atomic mass is 10.6. The number of rotatable bonds is 1. The van der Waals surface area contributed by atoms with Gasteiger partial charge in [0.2, 0.25) is 0 Å². The molecule has 1 aromatic heterocycles. The molecule has 0 spiro atoms. The molecule has 0 saturated heterocycles. The molecule has 4 N–H and O–H groups in total. The number of imidazole rings is 1. The molecule has 0 bridgehead atoms. The molecule has 0 fully saturated rings. The summed E-state index contributed by atoms with van der Waals surface area (Å²) in [5.41, 5.74) is 4.83. The fourth-order valence-electron chi connectivity index (χ4n) is 0.400. The van der Waals surface area contributed by atoms with E-state index in [9.17, 15) is 4.79 Å². The van der Waals surface area contributed by atoms with Crippen LogP contribution in [0.15, 0.2) is 12.4 Å². The summed E-state index contributed by atoms with van der Waals surface area (Å²) in [6.45, 7) is -0.250. The van der Waals surface area contributed by atoms with Gasteiger partial charge < -0.3 is 15.8 Å². The van der Waals surface area contributed by atoms with Crippen LogP contribution in [-0.2, 0) is 4.79 Å². The molecule has 11 heavy (non-hydrogen) atoms. The smallest absolute Gasteiger partial charge is 0.290 e. The van der Waals surface area contributed by atoms with Crippen LogP contribution in [0.1, 0.15) is 10.6 Å². The van der Waals surface area contributed by atoms with Gasteiger partial charge in [-0.1, -0.05) is 0 Å². The van der Waals surface area contributed by atoms with E-state index in [4.69, 9.17) is 15.6 Å². The van der Waals surface area contributed by atoms with Gasteiger partial charge in [0.1, 0.15) is 0 Å². The van der Waals surface area contributed by atoms with Crippen LogP contribution < -0.4 is 5.73 Å². The number of nitrogens with two attached hydrogens (primary N) is 1. The molecule has 1 aromatic rings. The summed E-state index contributed by atoms with van der Waals surface area (Å²) in [5.74, 6) is -0.333. The molecule has 1 rings (SSSR count).